The molecule has 6 atom stereocenters. The summed E-state index contributed by atoms with van der Waals surface area (Å²) in [6, 6.07) is 2.27. The van der Waals surface area contributed by atoms with Crippen LogP contribution in [-0.2, 0) is 20.2 Å². The fourth-order valence-electron chi connectivity index (χ4n) is 6.57. The molecule has 2 aromatic rings. The van der Waals surface area contributed by atoms with Gasteiger partial charge in [0, 0.05) is 29.7 Å². The van der Waals surface area contributed by atoms with Gasteiger partial charge in [-0.05, 0) is 48.8 Å². The molecule has 3 heterocycles. The van der Waals surface area contributed by atoms with Crippen LogP contribution in [0.4, 0.5) is 26.7 Å². The molecule has 9 nitrogen and oxygen atoms in total. The van der Waals surface area contributed by atoms with Crippen LogP contribution < -0.4 is 14.8 Å². The fourth-order valence-corrected chi connectivity index (χ4v) is 6.57. The summed E-state index contributed by atoms with van der Waals surface area (Å²) in [4.78, 5) is 46.4. The van der Waals surface area contributed by atoms with E-state index in [1.807, 2.05) is 0 Å². The van der Waals surface area contributed by atoms with E-state index in [1.54, 1.807) is 41.5 Å². The van der Waals surface area contributed by atoms with Crippen molar-refractivity contribution in [1.29, 1.82) is 0 Å². The SMILES string of the molecule is CC(C)C(=O)C1C(C)C2CN1C(=O)C(C(C)(C)C)NC(=O)OC1CC1CCCCC(F)(F)c1cc3ccc(OC(F)(F)F)cc3nc1O2. The lowest BCUT2D eigenvalue weighted by atomic mass is 9.85. The first-order valence-corrected chi connectivity index (χ1v) is 16.3. The summed E-state index contributed by atoms with van der Waals surface area (Å²) in [6.07, 6.45) is -5.98. The summed E-state index contributed by atoms with van der Waals surface area (Å²) in [6.45, 7) is 10.1. The number of rotatable bonds is 3. The van der Waals surface area contributed by atoms with Gasteiger partial charge < -0.3 is 24.4 Å². The molecule has 2 amide bonds. The van der Waals surface area contributed by atoms with Crippen molar-refractivity contribution in [2.75, 3.05) is 6.54 Å². The Kier molecular flexibility index (Phi) is 9.61. The van der Waals surface area contributed by atoms with Gasteiger partial charge in [-0.2, -0.15) is 0 Å². The van der Waals surface area contributed by atoms with Gasteiger partial charge in [0.1, 0.15) is 24.0 Å². The average Bonchev–Trinajstić information content (AvgIpc) is 3.62. The van der Waals surface area contributed by atoms with Gasteiger partial charge in [-0.15, -0.1) is 13.2 Å². The molecule has 2 fully saturated rings. The van der Waals surface area contributed by atoms with Crippen LogP contribution in [0, 0.1) is 23.2 Å². The third-order valence-corrected chi connectivity index (χ3v) is 9.39. The summed E-state index contributed by atoms with van der Waals surface area (Å²) in [5.74, 6) is -6.57. The molecule has 14 heteroatoms. The minimum absolute atomic E-state index is 0.00891. The number of carbonyl (C=O) groups excluding carboxylic acids is 3. The van der Waals surface area contributed by atoms with Gasteiger partial charge in [-0.3, -0.25) is 9.59 Å². The van der Waals surface area contributed by atoms with E-state index in [1.165, 1.54) is 11.0 Å². The summed E-state index contributed by atoms with van der Waals surface area (Å²) < 4.78 is 86.7. The summed E-state index contributed by atoms with van der Waals surface area (Å²) in [5.41, 5.74) is -1.42. The number of amides is 2. The number of carbonyl (C=O) groups is 3. The predicted octanol–water partition coefficient (Wildman–Crippen LogP) is 7.15. The number of nitrogens with zero attached hydrogens (tertiary/aromatic N) is 2. The largest absolute Gasteiger partial charge is 0.573 e. The number of ether oxygens (including phenoxy) is 3. The van der Waals surface area contributed by atoms with Gasteiger partial charge in [-0.25, -0.2) is 18.6 Å². The second-order valence-electron chi connectivity index (χ2n) is 14.6. The Hall–Kier alpha value is -3.71. The minimum atomic E-state index is -4.98. The Morgan fingerprint density at radius 1 is 1.08 bits per heavy atom. The number of fused-ring (bicyclic) bond motifs is 5. The molecular formula is C34H42F5N3O6. The highest BCUT2D eigenvalue weighted by atomic mass is 19.4. The Morgan fingerprint density at radius 3 is 2.44 bits per heavy atom. The number of Topliss-reactive ketones (excluding diaryl/α,β-unsaturated/α-hetero) is 1. The van der Waals surface area contributed by atoms with E-state index in [9.17, 15) is 27.6 Å². The van der Waals surface area contributed by atoms with Crippen molar-refractivity contribution in [2.45, 2.75) is 110 Å². The van der Waals surface area contributed by atoms with E-state index in [-0.39, 0.29) is 41.7 Å². The number of alkyl carbamates (subject to hydrolysis) is 1. The van der Waals surface area contributed by atoms with Gasteiger partial charge in [0.2, 0.25) is 11.8 Å². The van der Waals surface area contributed by atoms with E-state index < -0.39 is 83.3 Å². The number of nitrogens with one attached hydrogen (secondary N) is 1. The molecule has 1 aliphatic carbocycles. The molecule has 1 aromatic carbocycles. The van der Waals surface area contributed by atoms with Gasteiger partial charge >= 0.3 is 12.5 Å². The van der Waals surface area contributed by atoms with E-state index in [4.69, 9.17) is 9.47 Å². The zero-order valence-corrected chi connectivity index (χ0v) is 27.8. The maximum absolute atomic E-state index is 16.0. The van der Waals surface area contributed by atoms with Gasteiger partial charge in [0.15, 0.2) is 5.78 Å². The highest BCUT2D eigenvalue weighted by Crippen LogP contribution is 2.44. The number of hydrogen-bond donors (Lipinski definition) is 1. The second-order valence-corrected chi connectivity index (χ2v) is 14.6. The van der Waals surface area contributed by atoms with Crippen molar-refractivity contribution >= 4 is 28.7 Å². The molecule has 48 heavy (non-hydrogen) atoms. The number of pyridine rings is 1. The number of benzene rings is 1. The highest BCUT2D eigenvalue weighted by Gasteiger charge is 2.51. The molecule has 5 rings (SSSR count). The lowest BCUT2D eigenvalue weighted by Crippen LogP contribution is -2.57. The predicted molar refractivity (Wildman–Crippen MR) is 164 cm³/mol. The van der Waals surface area contributed by atoms with Crippen LogP contribution in [0.3, 0.4) is 0 Å². The normalized spacial score (nSPS) is 28.4. The molecule has 1 saturated carbocycles. The van der Waals surface area contributed by atoms with Crippen LogP contribution in [0.1, 0.15) is 79.2 Å². The number of hydrogen-bond acceptors (Lipinski definition) is 7. The molecular weight excluding hydrogens is 641 g/mol. The summed E-state index contributed by atoms with van der Waals surface area (Å²) in [7, 11) is 0. The smallest absolute Gasteiger partial charge is 0.472 e. The minimum Gasteiger partial charge on any atom is -0.472 e. The first kappa shape index (κ1) is 35.6. The molecule has 1 N–H and O–H groups in total. The maximum Gasteiger partial charge on any atom is 0.573 e. The van der Waals surface area contributed by atoms with Gasteiger partial charge in [0.05, 0.1) is 23.7 Å². The van der Waals surface area contributed by atoms with Crippen molar-refractivity contribution in [3.63, 3.8) is 0 Å². The molecule has 1 saturated heterocycles. The van der Waals surface area contributed by atoms with E-state index in [0.29, 0.717) is 19.3 Å². The van der Waals surface area contributed by atoms with Crippen molar-refractivity contribution in [2.24, 2.45) is 23.2 Å². The Bertz CT molecular complexity index is 1560. The average molecular weight is 684 g/mol. The Morgan fingerprint density at radius 2 is 1.79 bits per heavy atom. The summed E-state index contributed by atoms with van der Waals surface area (Å²) in [5, 5.41) is 2.87. The Balaban J connectivity index is 1.59. The first-order valence-electron chi connectivity index (χ1n) is 16.3. The van der Waals surface area contributed by atoms with Crippen LogP contribution in [0.5, 0.6) is 11.6 Å². The zero-order chi connectivity index (χ0) is 35.3. The molecule has 0 spiro atoms. The van der Waals surface area contributed by atoms with Crippen molar-refractivity contribution in [1.82, 2.24) is 15.2 Å². The standard InChI is InChI=1S/C34H42F5N3O6/c1-17(2)27(43)26-18(3)25-16-42(26)30(44)28(32(4,5)6)41-31(45)47-24-14-20(24)9-7-8-12-33(35,36)22-13-19-10-11-21(48-34(37,38)39)15-23(19)40-29(22)46-25/h10-11,13,15,17-18,20,24-26,28H,7-9,12,14,16H2,1-6H3,(H,41,45). The van der Waals surface area contributed by atoms with Crippen LogP contribution in [-0.4, -0.2) is 64.9 Å². The van der Waals surface area contributed by atoms with Crippen molar-refractivity contribution in [3.05, 3.63) is 29.8 Å². The molecule has 2 aliphatic heterocycles. The quantitative estimate of drug-likeness (QED) is 0.343. The van der Waals surface area contributed by atoms with Crippen molar-refractivity contribution < 1.29 is 50.5 Å². The Labute approximate surface area is 275 Å². The lowest BCUT2D eigenvalue weighted by Gasteiger charge is -2.35. The van der Waals surface area contributed by atoms with E-state index in [2.05, 4.69) is 15.0 Å². The van der Waals surface area contributed by atoms with Crippen LogP contribution in [0.15, 0.2) is 24.3 Å². The molecule has 3 aliphatic rings. The lowest BCUT2D eigenvalue weighted by molar-refractivity contribution is -0.274. The molecule has 6 unspecified atom stereocenters. The third-order valence-electron chi connectivity index (χ3n) is 9.39. The molecule has 1 aromatic heterocycles. The number of halogens is 5. The number of aromatic nitrogens is 1. The third kappa shape index (κ3) is 7.78. The molecule has 264 valence electrons. The van der Waals surface area contributed by atoms with Crippen LogP contribution in [0.25, 0.3) is 10.9 Å². The topological polar surface area (TPSA) is 107 Å². The maximum atomic E-state index is 16.0. The van der Waals surface area contributed by atoms with Gasteiger partial charge in [-0.1, -0.05) is 48.0 Å². The van der Waals surface area contributed by atoms with E-state index >= 15 is 8.78 Å². The molecule has 0 radical (unpaired) electrons. The first-order chi connectivity index (χ1) is 22.2. The fraction of sp³-hybridized carbons (Fsp3) is 0.647. The van der Waals surface area contributed by atoms with Gasteiger partial charge in [0.25, 0.3) is 5.92 Å². The van der Waals surface area contributed by atoms with Crippen molar-refractivity contribution in [3.8, 4) is 11.6 Å². The van der Waals surface area contributed by atoms with Crippen LogP contribution >= 0.6 is 0 Å². The number of ketones is 1. The zero-order valence-electron chi connectivity index (χ0n) is 27.8. The summed E-state index contributed by atoms with van der Waals surface area (Å²) >= 11 is 0. The second kappa shape index (κ2) is 13.0. The van der Waals surface area contributed by atoms with Crippen LogP contribution in [0.2, 0.25) is 0 Å². The van der Waals surface area contributed by atoms with E-state index in [0.717, 1.165) is 18.2 Å². The molecule has 2 bridgehead atoms. The monoisotopic (exact) mass is 683 g/mol. The highest BCUT2D eigenvalue weighted by molar-refractivity contribution is 5.94. The number of alkyl halides is 5.